The van der Waals surface area contributed by atoms with E-state index in [1.807, 2.05) is 42.5 Å². The molecule has 1 aliphatic carbocycles. The van der Waals surface area contributed by atoms with Crippen LogP contribution in [0.5, 0.6) is 0 Å². The molecule has 0 aliphatic heterocycles. The zero-order chi connectivity index (χ0) is 15.1. The average molecular weight is 323 g/mol. The molecule has 0 saturated carbocycles. The Morgan fingerprint density at radius 2 is 1.14 bits per heavy atom. The quantitative estimate of drug-likeness (QED) is 0.372. The summed E-state index contributed by atoms with van der Waals surface area (Å²) >= 11 is 12.4. The van der Waals surface area contributed by atoms with Gasteiger partial charge in [-0.1, -0.05) is 65.7 Å². The molecule has 22 heavy (non-hydrogen) atoms. The summed E-state index contributed by atoms with van der Waals surface area (Å²) in [6.45, 7) is 0. The van der Waals surface area contributed by atoms with Crippen molar-refractivity contribution in [2.75, 3.05) is 0 Å². The van der Waals surface area contributed by atoms with Gasteiger partial charge in [-0.15, -0.1) is 0 Å². The van der Waals surface area contributed by atoms with Crippen LogP contribution < -0.4 is 0 Å². The number of halogens is 2. The number of hydrogen-bond acceptors (Lipinski definition) is 0. The number of fused-ring (bicyclic) bond motifs is 3. The Morgan fingerprint density at radius 1 is 0.591 bits per heavy atom. The van der Waals surface area contributed by atoms with E-state index in [0.717, 1.165) is 26.7 Å². The van der Waals surface area contributed by atoms with Crippen molar-refractivity contribution in [2.45, 2.75) is 0 Å². The number of benzene rings is 3. The van der Waals surface area contributed by atoms with Gasteiger partial charge in [0, 0.05) is 10.0 Å². The highest BCUT2D eigenvalue weighted by Crippen LogP contribution is 2.46. The molecule has 0 N–H and O–H groups in total. The molecular formula is C20H12Cl2. The van der Waals surface area contributed by atoms with Crippen molar-refractivity contribution in [3.8, 4) is 11.1 Å². The van der Waals surface area contributed by atoms with Crippen LogP contribution in [0.2, 0.25) is 10.0 Å². The van der Waals surface area contributed by atoms with Crippen LogP contribution in [-0.2, 0) is 0 Å². The molecule has 0 unspecified atom stereocenters. The Morgan fingerprint density at radius 3 is 1.68 bits per heavy atom. The van der Waals surface area contributed by atoms with Gasteiger partial charge in [0.05, 0.1) is 0 Å². The van der Waals surface area contributed by atoms with Gasteiger partial charge in [-0.3, -0.25) is 0 Å². The maximum atomic E-state index is 6.21. The third-order valence-corrected chi connectivity index (χ3v) is 4.41. The van der Waals surface area contributed by atoms with Crippen molar-refractivity contribution in [1.29, 1.82) is 0 Å². The van der Waals surface area contributed by atoms with Crippen LogP contribution in [0, 0.1) is 0 Å². The first kappa shape index (κ1) is 13.6. The van der Waals surface area contributed by atoms with E-state index in [4.69, 9.17) is 23.2 Å². The van der Waals surface area contributed by atoms with Crippen molar-refractivity contribution in [1.82, 2.24) is 0 Å². The Bertz CT molecular complexity index is 839. The molecule has 0 spiro atoms. The fraction of sp³-hybridized carbons (Fsp3) is 0. The zero-order valence-electron chi connectivity index (χ0n) is 11.7. The van der Waals surface area contributed by atoms with Gasteiger partial charge >= 0.3 is 0 Å². The van der Waals surface area contributed by atoms with Crippen LogP contribution in [-0.4, -0.2) is 0 Å². The third kappa shape index (κ3) is 2.25. The van der Waals surface area contributed by atoms with Gasteiger partial charge in [0.25, 0.3) is 0 Å². The largest absolute Gasteiger partial charge is 0.0843 e. The van der Waals surface area contributed by atoms with Crippen LogP contribution in [0.15, 0.2) is 66.7 Å². The molecule has 0 radical (unpaired) electrons. The minimum atomic E-state index is 0.747. The Labute approximate surface area is 139 Å². The SMILES string of the molecule is Clc1ccc2c(c1)C(=Cc1ccccc1)c1cc(Cl)ccc1-2. The minimum absolute atomic E-state index is 0.747. The van der Waals surface area contributed by atoms with E-state index in [9.17, 15) is 0 Å². The maximum Gasteiger partial charge on any atom is 0.0412 e. The van der Waals surface area contributed by atoms with Crippen molar-refractivity contribution in [2.24, 2.45) is 0 Å². The molecule has 0 aromatic heterocycles. The molecule has 2 heteroatoms. The summed E-state index contributed by atoms with van der Waals surface area (Å²) in [5, 5.41) is 1.49. The van der Waals surface area contributed by atoms with Crippen LogP contribution in [0.4, 0.5) is 0 Å². The summed E-state index contributed by atoms with van der Waals surface area (Å²) in [5.41, 5.74) is 7.07. The lowest BCUT2D eigenvalue weighted by atomic mass is 10.0. The molecule has 0 heterocycles. The molecule has 106 valence electrons. The second-order valence-electron chi connectivity index (χ2n) is 5.35. The van der Waals surface area contributed by atoms with Gasteiger partial charge in [0.2, 0.25) is 0 Å². The van der Waals surface area contributed by atoms with E-state index in [1.165, 1.54) is 16.7 Å². The summed E-state index contributed by atoms with van der Waals surface area (Å²) in [4.78, 5) is 0. The highest BCUT2D eigenvalue weighted by molar-refractivity contribution is 6.32. The second kappa shape index (κ2) is 5.31. The molecule has 4 rings (SSSR count). The van der Waals surface area contributed by atoms with E-state index in [-0.39, 0.29) is 0 Å². The van der Waals surface area contributed by atoms with Gasteiger partial charge in [-0.05, 0) is 63.7 Å². The fourth-order valence-corrected chi connectivity index (χ4v) is 3.31. The van der Waals surface area contributed by atoms with Crippen molar-refractivity contribution in [3.05, 3.63) is 93.5 Å². The lowest BCUT2D eigenvalue weighted by Crippen LogP contribution is -1.82. The second-order valence-corrected chi connectivity index (χ2v) is 6.22. The molecule has 0 saturated heterocycles. The molecule has 0 amide bonds. The van der Waals surface area contributed by atoms with Gasteiger partial charge < -0.3 is 0 Å². The van der Waals surface area contributed by atoms with Crippen LogP contribution in [0.3, 0.4) is 0 Å². The smallest absolute Gasteiger partial charge is 0.0412 e. The van der Waals surface area contributed by atoms with Crippen LogP contribution in [0.25, 0.3) is 22.8 Å². The van der Waals surface area contributed by atoms with Crippen molar-refractivity contribution >= 4 is 34.9 Å². The summed E-state index contributed by atoms with van der Waals surface area (Å²) in [5.74, 6) is 0. The maximum absolute atomic E-state index is 6.21. The highest BCUT2D eigenvalue weighted by Gasteiger charge is 2.23. The van der Waals surface area contributed by atoms with E-state index in [1.54, 1.807) is 0 Å². The normalized spacial score (nSPS) is 12.0. The average Bonchev–Trinajstić information content (AvgIpc) is 2.81. The first-order valence-corrected chi connectivity index (χ1v) is 7.85. The topological polar surface area (TPSA) is 0 Å². The van der Waals surface area contributed by atoms with Crippen molar-refractivity contribution in [3.63, 3.8) is 0 Å². The Balaban J connectivity index is 2.00. The van der Waals surface area contributed by atoms with E-state index < -0.39 is 0 Å². The van der Waals surface area contributed by atoms with Gasteiger partial charge in [-0.25, -0.2) is 0 Å². The fourth-order valence-electron chi connectivity index (χ4n) is 2.96. The molecule has 0 fully saturated rings. The Hall–Kier alpha value is -2.02. The van der Waals surface area contributed by atoms with Crippen LogP contribution >= 0.6 is 23.2 Å². The Kier molecular flexibility index (Phi) is 3.29. The monoisotopic (exact) mass is 322 g/mol. The summed E-state index contributed by atoms with van der Waals surface area (Å²) in [7, 11) is 0. The van der Waals surface area contributed by atoms with Gasteiger partial charge in [0.1, 0.15) is 0 Å². The van der Waals surface area contributed by atoms with E-state index in [0.29, 0.717) is 0 Å². The lowest BCUT2D eigenvalue weighted by molar-refractivity contribution is 1.64. The number of hydrogen-bond donors (Lipinski definition) is 0. The van der Waals surface area contributed by atoms with Crippen LogP contribution in [0.1, 0.15) is 16.7 Å². The first-order valence-electron chi connectivity index (χ1n) is 7.09. The summed E-state index contributed by atoms with van der Waals surface area (Å²) in [6.07, 6.45) is 2.19. The predicted octanol–water partition coefficient (Wildman–Crippen LogP) is 6.56. The first-order chi connectivity index (χ1) is 10.7. The van der Waals surface area contributed by atoms with Gasteiger partial charge in [0.15, 0.2) is 0 Å². The molecular weight excluding hydrogens is 311 g/mol. The zero-order valence-corrected chi connectivity index (χ0v) is 13.2. The lowest BCUT2D eigenvalue weighted by Gasteiger charge is -2.04. The molecule has 0 atom stereocenters. The molecule has 1 aliphatic rings. The molecule has 0 nitrogen and oxygen atoms in total. The van der Waals surface area contributed by atoms with Crippen molar-refractivity contribution < 1.29 is 0 Å². The summed E-state index contributed by atoms with van der Waals surface area (Å²) in [6, 6.07) is 22.4. The van der Waals surface area contributed by atoms with E-state index in [2.05, 4.69) is 30.3 Å². The molecule has 3 aromatic rings. The molecule has 3 aromatic carbocycles. The predicted molar refractivity (Wildman–Crippen MR) is 95.3 cm³/mol. The minimum Gasteiger partial charge on any atom is -0.0843 e. The third-order valence-electron chi connectivity index (χ3n) is 3.94. The van der Waals surface area contributed by atoms with E-state index >= 15 is 0 Å². The number of rotatable bonds is 1. The molecule has 0 bridgehead atoms. The highest BCUT2D eigenvalue weighted by atomic mass is 35.5. The standard InChI is InChI=1S/C20H12Cl2/c21-14-6-8-16-17-9-7-15(22)12-20(17)18(19(16)11-14)10-13-4-2-1-3-5-13/h1-12H. The van der Waals surface area contributed by atoms with Gasteiger partial charge in [-0.2, -0.15) is 0 Å². The summed E-state index contributed by atoms with van der Waals surface area (Å²) < 4.78 is 0.